The van der Waals surface area contributed by atoms with Crippen LogP contribution in [0.4, 0.5) is 0 Å². The van der Waals surface area contributed by atoms with Crippen LogP contribution in [0.5, 0.6) is 0 Å². The van der Waals surface area contributed by atoms with Crippen molar-refractivity contribution < 1.29 is 9.84 Å². The quantitative estimate of drug-likeness (QED) is 0.650. The number of ether oxygens (including phenoxy) is 1. The Bertz CT molecular complexity index is 1400. The third kappa shape index (κ3) is 2.67. The van der Waals surface area contributed by atoms with E-state index < -0.39 is 0 Å². The molecule has 2 spiro atoms. The molecule has 3 aliphatic heterocycles. The molecule has 2 unspecified atom stereocenters. The molecule has 5 nitrogen and oxygen atoms in total. The largest absolute Gasteiger partial charge is 0.392 e. The summed E-state index contributed by atoms with van der Waals surface area (Å²) in [5.74, 6) is 1.94. The first-order chi connectivity index (χ1) is 17.9. The molecule has 0 radical (unpaired) electrons. The van der Waals surface area contributed by atoms with Crippen LogP contribution in [0, 0.1) is 23.2 Å². The average molecular weight is 496 g/mol. The predicted molar refractivity (Wildman–Crippen MR) is 143 cm³/mol. The Morgan fingerprint density at radius 2 is 2.03 bits per heavy atom. The van der Waals surface area contributed by atoms with Crippen LogP contribution >= 0.6 is 0 Å². The molecule has 4 heterocycles. The first-order valence-corrected chi connectivity index (χ1v) is 14.5. The first-order valence-electron chi connectivity index (χ1n) is 14.5. The molecule has 4 aliphatic carbocycles. The number of nitrogens with zero attached hydrogens (tertiary/aromatic N) is 2. The number of aliphatic hydroxyl groups is 1. The Morgan fingerprint density at radius 1 is 1.14 bits per heavy atom. The highest BCUT2D eigenvalue weighted by molar-refractivity contribution is 5.82. The van der Waals surface area contributed by atoms with Crippen molar-refractivity contribution in [3.05, 3.63) is 65.5 Å². The summed E-state index contributed by atoms with van der Waals surface area (Å²) in [5.41, 5.74) is 10.1. The van der Waals surface area contributed by atoms with Gasteiger partial charge in [0.1, 0.15) is 0 Å². The van der Waals surface area contributed by atoms with Gasteiger partial charge in [-0.1, -0.05) is 31.2 Å². The van der Waals surface area contributed by atoms with Crippen LogP contribution in [0.1, 0.15) is 56.9 Å². The number of aliphatic hydroxyl groups excluding tert-OH is 1. The molecule has 9 rings (SSSR count). The van der Waals surface area contributed by atoms with Crippen molar-refractivity contribution in [3.63, 3.8) is 0 Å². The number of nitrogens with two attached hydrogens (primary N) is 1. The normalized spacial score (nSPS) is 47.9. The van der Waals surface area contributed by atoms with Crippen LogP contribution in [-0.2, 0) is 4.74 Å². The number of benzene rings is 1. The van der Waals surface area contributed by atoms with E-state index in [1.807, 2.05) is 12.4 Å². The molecule has 1 aromatic heterocycles. The smallest absolute Gasteiger partial charge is 0.0975 e. The van der Waals surface area contributed by atoms with E-state index in [0.29, 0.717) is 23.9 Å². The summed E-state index contributed by atoms with van der Waals surface area (Å²) in [4.78, 5) is 7.00. The molecule has 5 fully saturated rings. The van der Waals surface area contributed by atoms with Gasteiger partial charge in [0.2, 0.25) is 0 Å². The second-order valence-corrected chi connectivity index (χ2v) is 13.8. The van der Waals surface area contributed by atoms with Gasteiger partial charge in [0, 0.05) is 54.8 Å². The topological polar surface area (TPSA) is 71.6 Å². The lowest BCUT2D eigenvalue weighted by Crippen LogP contribution is -2.63. The molecular formula is C32H37N3O2. The Balaban J connectivity index is 1.11. The van der Waals surface area contributed by atoms with Crippen molar-refractivity contribution in [2.45, 2.75) is 80.8 Å². The van der Waals surface area contributed by atoms with Crippen molar-refractivity contribution in [1.82, 2.24) is 9.88 Å². The molecule has 2 aromatic rings. The van der Waals surface area contributed by atoms with Gasteiger partial charge in [-0.15, -0.1) is 0 Å². The number of likely N-dealkylation sites (tertiary alicyclic amines) is 1. The highest BCUT2D eigenvalue weighted by atomic mass is 16.5. The molecule has 192 valence electrons. The standard InChI is InChI=1S/C32H37N3O2/c1-30-6-4-21-11-25-23-12-24(23)26(35-16-22(33)17-35)14-31(25)7-8-32(21,37-31)28(30)13-27(36)29(30)19-3-2-18-5-9-34-15-20(18)10-19/h2-5,9-11,15,22-24,26-29,36H,6-8,12-14,16-17,33H2,1H3/t23-,24+,26-,27+,28+,29?,30-,31+,32?/m0/s1. The monoisotopic (exact) mass is 495 g/mol. The molecule has 2 bridgehead atoms. The van der Waals surface area contributed by atoms with Crippen LogP contribution in [0.25, 0.3) is 10.8 Å². The Labute approximate surface area is 218 Å². The zero-order valence-electron chi connectivity index (χ0n) is 21.6. The van der Waals surface area contributed by atoms with E-state index in [1.54, 1.807) is 5.57 Å². The summed E-state index contributed by atoms with van der Waals surface area (Å²) in [6, 6.07) is 9.76. The van der Waals surface area contributed by atoms with E-state index in [4.69, 9.17) is 10.5 Å². The van der Waals surface area contributed by atoms with Crippen LogP contribution in [0.15, 0.2) is 60.0 Å². The Morgan fingerprint density at radius 3 is 2.89 bits per heavy atom. The number of hydrogen-bond donors (Lipinski definition) is 2. The van der Waals surface area contributed by atoms with Crippen LogP contribution in [0.3, 0.4) is 0 Å². The predicted octanol–water partition coefficient (Wildman–Crippen LogP) is 4.31. The summed E-state index contributed by atoms with van der Waals surface area (Å²) in [5, 5.41) is 14.0. The van der Waals surface area contributed by atoms with Gasteiger partial charge < -0.3 is 15.6 Å². The summed E-state index contributed by atoms with van der Waals surface area (Å²) in [6.45, 7) is 4.54. The summed E-state index contributed by atoms with van der Waals surface area (Å²) < 4.78 is 7.52. The summed E-state index contributed by atoms with van der Waals surface area (Å²) >= 11 is 0. The van der Waals surface area contributed by atoms with Gasteiger partial charge in [-0.05, 0) is 90.0 Å². The second-order valence-electron chi connectivity index (χ2n) is 13.8. The molecule has 3 N–H and O–H groups in total. The Kier molecular flexibility index (Phi) is 4.09. The number of pyridine rings is 1. The van der Waals surface area contributed by atoms with E-state index in [0.717, 1.165) is 56.5 Å². The molecule has 1 aromatic carbocycles. The fraction of sp³-hybridized carbons (Fsp3) is 0.594. The minimum atomic E-state index is -0.355. The van der Waals surface area contributed by atoms with E-state index in [9.17, 15) is 5.11 Å². The number of hydrogen-bond acceptors (Lipinski definition) is 5. The fourth-order valence-corrected chi connectivity index (χ4v) is 10.3. The van der Waals surface area contributed by atoms with Crippen molar-refractivity contribution in [2.24, 2.45) is 28.9 Å². The minimum absolute atomic E-state index is 0.0316. The molecule has 9 atom stereocenters. The van der Waals surface area contributed by atoms with Crippen molar-refractivity contribution in [3.8, 4) is 0 Å². The molecule has 37 heavy (non-hydrogen) atoms. The third-order valence-electron chi connectivity index (χ3n) is 12.0. The summed E-state index contributed by atoms with van der Waals surface area (Å²) in [7, 11) is 0. The van der Waals surface area contributed by atoms with Gasteiger partial charge in [0.05, 0.1) is 17.3 Å². The maximum atomic E-state index is 11.7. The zero-order chi connectivity index (χ0) is 24.7. The van der Waals surface area contributed by atoms with Crippen LogP contribution in [0.2, 0.25) is 0 Å². The lowest BCUT2D eigenvalue weighted by molar-refractivity contribution is -0.144. The van der Waals surface area contributed by atoms with Crippen LogP contribution in [-0.4, -0.2) is 57.5 Å². The zero-order valence-corrected chi connectivity index (χ0v) is 21.6. The fourth-order valence-electron chi connectivity index (χ4n) is 10.3. The Hall–Kier alpha value is -2.05. The third-order valence-corrected chi connectivity index (χ3v) is 12.0. The molecule has 0 amide bonds. The van der Waals surface area contributed by atoms with Gasteiger partial charge in [0.15, 0.2) is 0 Å². The molecule has 2 saturated heterocycles. The lowest BCUT2D eigenvalue weighted by Gasteiger charge is -2.55. The highest BCUT2D eigenvalue weighted by Gasteiger charge is 2.71. The van der Waals surface area contributed by atoms with Crippen molar-refractivity contribution in [2.75, 3.05) is 13.1 Å². The molecule has 7 aliphatic rings. The summed E-state index contributed by atoms with van der Waals surface area (Å²) in [6.07, 6.45) is 15.0. The van der Waals surface area contributed by atoms with E-state index in [2.05, 4.69) is 53.2 Å². The highest BCUT2D eigenvalue weighted by Crippen LogP contribution is 2.72. The van der Waals surface area contributed by atoms with Gasteiger partial charge in [-0.25, -0.2) is 0 Å². The number of fused-ring (bicyclic) bond motifs is 4. The molecule has 5 heteroatoms. The average Bonchev–Trinajstić information content (AvgIpc) is 3.54. The number of rotatable bonds is 2. The minimum Gasteiger partial charge on any atom is -0.392 e. The van der Waals surface area contributed by atoms with Gasteiger partial charge in [-0.2, -0.15) is 0 Å². The first kappa shape index (κ1) is 21.8. The van der Waals surface area contributed by atoms with Gasteiger partial charge >= 0.3 is 0 Å². The van der Waals surface area contributed by atoms with E-state index in [-0.39, 0.29) is 28.6 Å². The van der Waals surface area contributed by atoms with Crippen molar-refractivity contribution >= 4 is 10.8 Å². The molecule has 3 saturated carbocycles. The van der Waals surface area contributed by atoms with Crippen LogP contribution < -0.4 is 5.73 Å². The van der Waals surface area contributed by atoms with Crippen molar-refractivity contribution in [1.29, 1.82) is 0 Å². The lowest BCUT2D eigenvalue weighted by atomic mass is 9.58. The second kappa shape index (κ2) is 6.93. The maximum absolute atomic E-state index is 11.7. The molecular weight excluding hydrogens is 458 g/mol. The number of aromatic nitrogens is 1. The van der Waals surface area contributed by atoms with E-state index >= 15 is 0 Å². The van der Waals surface area contributed by atoms with Gasteiger partial charge in [0.25, 0.3) is 0 Å². The van der Waals surface area contributed by atoms with E-state index in [1.165, 1.54) is 22.9 Å². The SMILES string of the molecule is C[C@]12CC=C3C=C4[C@H]5C[C@H]5[C@@H](N5CC(N)C5)C[C@]45CCC3(O5)[C@@H]1C[C@@H](O)C2c1ccc2ccncc2c1. The van der Waals surface area contributed by atoms with Gasteiger partial charge in [-0.3, -0.25) is 9.88 Å². The number of allylic oxidation sites excluding steroid dienone is 1. The maximum Gasteiger partial charge on any atom is 0.0975 e.